The standard InChI is InChI=1S/C26H23Cl2FN2/c27-21-10-11-22(29)25(28)24(21)17-12-14-31(15-13-17)16-20-19-8-4-5-9-23(19)30-26(20)18-6-2-1-3-7-18/h1-11,17,30H,12-16H2. The van der Waals surface area contributed by atoms with Crippen LogP contribution in [0.25, 0.3) is 22.2 Å². The van der Waals surface area contributed by atoms with E-state index in [0.717, 1.165) is 43.6 Å². The second-order valence-corrected chi connectivity index (χ2v) is 8.98. The summed E-state index contributed by atoms with van der Waals surface area (Å²) < 4.78 is 14.0. The predicted octanol–water partition coefficient (Wildman–Crippen LogP) is 7.66. The van der Waals surface area contributed by atoms with Crippen LogP contribution >= 0.6 is 23.2 Å². The Morgan fingerprint density at radius 2 is 1.61 bits per heavy atom. The number of likely N-dealkylation sites (tertiary alicyclic amines) is 1. The Bertz CT molecular complexity index is 1210. The number of aromatic amines is 1. The molecular weight excluding hydrogens is 430 g/mol. The maximum atomic E-state index is 14.0. The summed E-state index contributed by atoms with van der Waals surface area (Å²) in [6, 6.07) is 21.9. The maximum Gasteiger partial charge on any atom is 0.142 e. The third-order valence-corrected chi connectivity index (χ3v) is 7.05. The van der Waals surface area contributed by atoms with Gasteiger partial charge in [-0.05, 0) is 66.7 Å². The number of halogens is 3. The molecule has 0 radical (unpaired) electrons. The average molecular weight is 453 g/mol. The van der Waals surface area contributed by atoms with Crippen LogP contribution in [-0.4, -0.2) is 23.0 Å². The summed E-state index contributed by atoms with van der Waals surface area (Å²) >= 11 is 12.6. The highest BCUT2D eigenvalue weighted by molar-refractivity contribution is 6.36. The number of piperidine rings is 1. The van der Waals surface area contributed by atoms with Crippen molar-refractivity contribution in [1.29, 1.82) is 0 Å². The predicted molar refractivity (Wildman–Crippen MR) is 127 cm³/mol. The fourth-order valence-electron chi connectivity index (χ4n) is 4.74. The van der Waals surface area contributed by atoms with Gasteiger partial charge >= 0.3 is 0 Å². The van der Waals surface area contributed by atoms with Crippen molar-refractivity contribution >= 4 is 34.1 Å². The van der Waals surface area contributed by atoms with E-state index >= 15 is 0 Å². The molecule has 2 heterocycles. The van der Waals surface area contributed by atoms with Crippen LogP contribution in [0.5, 0.6) is 0 Å². The van der Waals surface area contributed by atoms with Crippen molar-refractivity contribution in [2.24, 2.45) is 0 Å². The van der Waals surface area contributed by atoms with Crippen LogP contribution in [0.1, 0.15) is 29.9 Å². The van der Waals surface area contributed by atoms with Gasteiger partial charge in [0.15, 0.2) is 0 Å². The third kappa shape index (κ3) is 3.98. The van der Waals surface area contributed by atoms with Gasteiger partial charge in [-0.15, -0.1) is 0 Å². The molecule has 1 N–H and O–H groups in total. The Morgan fingerprint density at radius 3 is 2.39 bits per heavy atom. The summed E-state index contributed by atoms with van der Waals surface area (Å²) in [5.74, 6) is -0.210. The lowest BCUT2D eigenvalue weighted by Gasteiger charge is -2.33. The first-order valence-corrected chi connectivity index (χ1v) is 11.4. The zero-order valence-electron chi connectivity index (χ0n) is 17.0. The number of aromatic nitrogens is 1. The zero-order valence-corrected chi connectivity index (χ0v) is 18.6. The first-order chi connectivity index (χ1) is 15.1. The number of hydrogen-bond acceptors (Lipinski definition) is 1. The minimum absolute atomic E-state index is 0.175. The van der Waals surface area contributed by atoms with E-state index in [1.807, 2.05) is 6.07 Å². The van der Waals surface area contributed by atoms with Gasteiger partial charge in [0.2, 0.25) is 0 Å². The van der Waals surface area contributed by atoms with Gasteiger partial charge in [-0.2, -0.15) is 0 Å². The number of fused-ring (bicyclic) bond motifs is 1. The monoisotopic (exact) mass is 452 g/mol. The third-order valence-electron chi connectivity index (χ3n) is 6.33. The van der Waals surface area contributed by atoms with Crippen LogP contribution in [0.4, 0.5) is 4.39 Å². The highest BCUT2D eigenvalue weighted by atomic mass is 35.5. The first-order valence-electron chi connectivity index (χ1n) is 10.6. The number of nitrogens with zero attached hydrogens (tertiary/aromatic N) is 1. The maximum absolute atomic E-state index is 14.0. The number of H-pyrrole nitrogens is 1. The minimum Gasteiger partial charge on any atom is -0.354 e. The Kier molecular flexibility index (Phi) is 5.75. The molecule has 0 saturated carbocycles. The number of benzene rings is 3. The van der Waals surface area contributed by atoms with Crippen LogP contribution in [0.2, 0.25) is 10.0 Å². The molecule has 3 aromatic carbocycles. The van der Waals surface area contributed by atoms with Crippen molar-refractivity contribution in [2.75, 3.05) is 13.1 Å². The molecule has 158 valence electrons. The molecule has 5 rings (SSSR count). The molecular formula is C26H23Cl2FN2. The van der Waals surface area contributed by atoms with E-state index in [0.29, 0.717) is 5.02 Å². The van der Waals surface area contributed by atoms with Gasteiger partial charge in [0.05, 0.1) is 10.7 Å². The molecule has 1 saturated heterocycles. The van der Waals surface area contributed by atoms with Gasteiger partial charge in [-0.1, -0.05) is 71.7 Å². The largest absolute Gasteiger partial charge is 0.354 e. The van der Waals surface area contributed by atoms with Gasteiger partial charge in [0, 0.05) is 22.5 Å². The first kappa shape index (κ1) is 20.6. The van der Waals surface area contributed by atoms with Crippen molar-refractivity contribution in [3.8, 4) is 11.3 Å². The van der Waals surface area contributed by atoms with E-state index in [1.54, 1.807) is 6.07 Å². The van der Waals surface area contributed by atoms with E-state index in [2.05, 4.69) is 58.4 Å². The van der Waals surface area contributed by atoms with Gasteiger partial charge in [0.1, 0.15) is 5.82 Å². The summed E-state index contributed by atoms with van der Waals surface area (Å²) in [5, 5.41) is 2.00. The van der Waals surface area contributed by atoms with E-state index in [4.69, 9.17) is 23.2 Å². The molecule has 2 nitrogen and oxygen atoms in total. The smallest absolute Gasteiger partial charge is 0.142 e. The van der Waals surface area contributed by atoms with Crippen molar-refractivity contribution in [3.63, 3.8) is 0 Å². The highest BCUT2D eigenvalue weighted by Gasteiger charge is 2.26. The zero-order chi connectivity index (χ0) is 21.4. The fourth-order valence-corrected chi connectivity index (χ4v) is 5.42. The van der Waals surface area contributed by atoms with Gasteiger partial charge in [-0.3, -0.25) is 4.90 Å². The van der Waals surface area contributed by atoms with E-state index in [9.17, 15) is 4.39 Å². The van der Waals surface area contributed by atoms with Gasteiger partial charge < -0.3 is 4.98 Å². The lowest BCUT2D eigenvalue weighted by atomic mass is 9.89. The molecule has 1 fully saturated rings. The second kappa shape index (κ2) is 8.66. The van der Waals surface area contributed by atoms with Crippen LogP contribution in [0.3, 0.4) is 0 Å². The van der Waals surface area contributed by atoms with Crippen molar-refractivity contribution in [3.05, 3.63) is 93.7 Å². The lowest BCUT2D eigenvalue weighted by molar-refractivity contribution is 0.205. The minimum atomic E-state index is -0.394. The lowest BCUT2D eigenvalue weighted by Crippen LogP contribution is -2.32. The Morgan fingerprint density at radius 1 is 0.903 bits per heavy atom. The van der Waals surface area contributed by atoms with Crippen molar-refractivity contribution in [1.82, 2.24) is 9.88 Å². The van der Waals surface area contributed by atoms with Gasteiger partial charge in [-0.25, -0.2) is 4.39 Å². The molecule has 4 aromatic rings. The molecule has 1 aliphatic heterocycles. The normalized spacial score (nSPS) is 15.6. The number of nitrogens with one attached hydrogen (secondary N) is 1. The fraction of sp³-hybridized carbons (Fsp3) is 0.231. The van der Waals surface area contributed by atoms with Crippen molar-refractivity contribution in [2.45, 2.75) is 25.3 Å². The summed E-state index contributed by atoms with van der Waals surface area (Å²) in [4.78, 5) is 6.09. The summed E-state index contributed by atoms with van der Waals surface area (Å²) in [7, 11) is 0. The van der Waals surface area contributed by atoms with E-state index < -0.39 is 5.82 Å². The molecule has 0 atom stereocenters. The Balaban J connectivity index is 1.39. The molecule has 1 aliphatic rings. The van der Waals surface area contributed by atoms with E-state index in [1.165, 1.54) is 28.3 Å². The SMILES string of the molecule is Fc1ccc(Cl)c(C2CCN(Cc3c(-c4ccccc4)[nH]c4ccccc34)CC2)c1Cl. The van der Waals surface area contributed by atoms with Crippen LogP contribution < -0.4 is 0 Å². The number of para-hydroxylation sites is 1. The summed E-state index contributed by atoms with van der Waals surface area (Å²) in [6.07, 6.45) is 1.82. The summed E-state index contributed by atoms with van der Waals surface area (Å²) in [6.45, 7) is 2.70. The highest BCUT2D eigenvalue weighted by Crippen LogP contribution is 2.39. The average Bonchev–Trinajstić information content (AvgIpc) is 3.17. The molecule has 0 unspecified atom stereocenters. The van der Waals surface area contributed by atoms with Crippen LogP contribution in [0, 0.1) is 5.82 Å². The second-order valence-electron chi connectivity index (χ2n) is 8.20. The topological polar surface area (TPSA) is 19.0 Å². The Hall–Kier alpha value is -2.33. The van der Waals surface area contributed by atoms with Crippen molar-refractivity contribution < 1.29 is 4.39 Å². The summed E-state index contributed by atoms with van der Waals surface area (Å²) in [5.41, 5.74) is 5.62. The number of hydrogen-bond donors (Lipinski definition) is 1. The molecule has 31 heavy (non-hydrogen) atoms. The van der Waals surface area contributed by atoms with E-state index in [-0.39, 0.29) is 10.9 Å². The molecule has 0 spiro atoms. The van der Waals surface area contributed by atoms with Gasteiger partial charge in [0.25, 0.3) is 0 Å². The molecule has 0 aliphatic carbocycles. The molecule has 5 heteroatoms. The van der Waals surface area contributed by atoms with Crippen LogP contribution in [-0.2, 0) is 6.54 Å². The molecule has 0 bridgehead atoms. The number of rotatable bonds is 4. The molecule has 1 aromatic heterocycles. The Labute approximate surface area is 191 Å². The van der Waals surface area contributed by atoms with Crippen LogP contribution in [0.15, 0.2) is 66.7 Å². The molecule has 0 amide bonds. The quantitative estimate of drug-likeness (QED) is 0.314.